The lowest BCUT2D eigenvalue weighted by molar-refractivity contribution is 0.622. The van der Waals surface area contributed by atoms with Crippen LogP contribution in [0.3, 0.4) is 0 Å². The van der Waals surface area contributed by atoms with Crippen LogP contribution in [0.15, 0.2) is 24.8 Å². The topological polar surface area (TPSA) is 23.8 Å². The minimum atomic E-state index is 0.555. The molecule has 0 rings (SSSR count). The van der Waals surface area contributed by atoms with E-state index in [0.717, 1.165) is 12.8 Å². The van der Waals surface area contributed by atoms with E-state index in [9.17, 15) is 0 Å². The molecule has 0 aromatic carbocycles. The number of unbranched alkanes of at least 4 members (excludes halogenated alkanes) is 6. The van der Waals surface area contributed by atoms with Gasteiger partial charge in [0.05, 0.1) is 12.5 Å². The van der Waals surface area contributed by atoms with Crippen LogP contribution in [0.2, 0.25) is 0 Å². The summed E-state index contributed by atoms with van der Waals surface area (Å²) >= 11 is 0. The molecule has 0 N–H and O–H groups in total. The van der Waals surface area contributed by atoms with Gasteiger partial charge in [-0.2, -0.15) is 5.26 Å². The molecule has 0 aliphatic rings. The average molecular weight is 191 g/mol. The zero-order valence-corrected chi connectivity index (χ0v) is 9.04. The maximum atomic E-state index is 8.28. The van der Waals surface area contributed by atoms with E-state index in [1.165, 1.54) is 32.1 Å². The van der Waals surface area contributed by atoms with Crippen LogP contribution < -0.4 is 0 Å². The van der Waals surface area contributed by atoms with E-state index < -0.39 is 0 Å². The monoisotopic (exact) mass is 191 g/mol. The molecule has 0 aliphatic heterocycles. The summed E-state index contributed by atoms with van der Waals surface area (Å²) in [5, 5.41) is 8.28. The molecule has 1 nitrogen and oxygen atoms in total. The fraction of sp³-hybridized carbons (Fsp3) is 0.615. The summed E-state index contributed by atoms with van der Waals surface area (Å²) < 4.78 is 0. The van der Waals surface area contributed by atoms with Gasteiger partial charge in [0.2, 0.25) is 0 Å². The average Bonchev–Trinajstić information content (AvgIpc) is 2.21. The summed E-state index contributed by atoms with van der Waals surface area (Å²) in [4.78, 5) is 0. The first kappa shape index (κ1) is 13.0. The summed E-state index contributed by atoms with van der Waals surface area (Å²) in [5.74, 6) is 0. The highest BCUT2D eigenvalue weighted by atomic mass is 14.2. The molecule has 0 spiro atoms. The van der Waals surface area contributed by atoms with Crippen LogP contribution in [0.1, 0.15) is 51.4 Å². The molecule has 0 atom stereocenters. The van der Waals surface area contributed by atoms with Gasteiger partial charge in [-0.1, -0.05) is 37.5 Å². The van der Waals surface area contributed by atoms with E-state index in [1.807, 2.05) is 12.2 Å². The SMILES string of the molecule is C=CCCCCCCCC=CCC#N. The van der Waals surface area contributed by atoms with Crippen molar-refractivity contribution in [2.75, 3.05) is 0 Å². The van der Waals surface area contributed by atoms with E-state index in [-0.39, 0.29) is 0 Å². The lowest BCUT2D eigenvalue weighted by Crippen LogP contribution is -1.77. The van der Waals surface area contributed by atoms with Crippen LogP contribution in [0, 0.1) is 11.3 Å². The molecule has 0 aliphatic carbocycles. The molecule has 0 fully saturated rings. The number of hydrogen-bond donors (Lipinski definition) is 0. The van der Waals surface area contributed by atoms with Crippen LogP contribution in [0.4, 0.5) is 0 Å². The molecule has 0 heterocycles. The summed E-state index contributed by atoms with van der Waals surface area (Å²) in [5.41, 5.74) is 0. The van der Waals surface area contributed by atoms with Crippen molar-refractivity contribution in [1.29, 1.82) is 5.26 Å². The van der Waals surface area contributed by atoms with E-state index in [4.69, 9.17) is 5.26 Å². The van der Waals surface area contributed by atoms with Crippen molar-refractivity contribution in [2.24, 2.45) is 0 Å². The third-order valence-corrected chi connectivity index (χ3v) is 2.15. The van der Waals surface area contributed by atoms with Gasteiger partial charge < -0.3 is 0 Å². The summed E-state index contributed by atoms with van der Waals surface area (Å²) in [6.07, 6.45) is 15.4. The predicted octanol–water partition coefficient (Wildman–Crippen LogP) is 4.37. The molecule has 0 aromatic heterocycles. The number of allylic oxidation sites excluding steroid dienone is 3. The third-order valence-electron chi connectivity index (χ3n) is 2.15. The van der Waals surface area contributed by atoms with Gasteiger partial charge in [0.15, 0.2) is 0 Å². The Hall–Kier alpha value is -1.03. The molecule has 14 heavy (non-hydrogen) atoms. The zero-order valence-electron chi connectivity index (χ0n) is 9.04. The highest BCUT2D eigenvalue weighted by Gasteiger charge is 1.88. The number of nitrogens with zero attached hydrogens (tertiary/aromatic N) is 1. The molecular formula is C13H21N. The van der Waals surface area contributed by atoms with E-state index in [0.29, 0.717) is 6.42 Å². The summed E-state index contributed by atoms with van der Waals surface area (Å²) in [6.45, 7) is 3.70. The Labute approximate surface area is 88.1 Å². The molecule has 0 unspecified atom stereocenters. The van der Waals surface area contributed by atoms with Crippen molar-refractivity contribution in [3.63, 3.8) is 0 Å². The molecule has 0 aromatic rings. The lowest BCUT2D eigenvalue weighted by atomic mass is 10.1. The van der Waals surface area contributed by atoms with Crippen molar-refractivity contribution in [3.05, 3.63) is 24.8 Å². The smallest absolute Gasteiger partial charge is 0.0663 e. The Kier molecular flexibility index (Phi) is 11.1. The molecule has 0 saturated carbocycles. The van der Waals surface area contributed by atoms with Crippen molar-refractivity contribution in [3.8, 4) is 6.07 Å². The molecule has 0 radical (unpaired) electrons. The van der Waals surface area contributed by atoms with Crippen LogP contribution >= 0.6 is 0 Å². The van der Waals surface area contributed by atoms with Gasteiger partial charge in [0.25, 0.3) is 0 Å². The quantitative estimate of drug-likeness (QED) is 0.392. The van der Waals surface area contributed by atoms with E-state index >= 15 is 0 Å². The number of hydrogen-bond acceptors (Lipinski definition) is 1. The highest BCUT2D eigenvalue weighted by molar-refractivity contribution is 4.90. The first-order chi connectivity index (χ1) is 6.91. The van der Waals surface area contributed by atoms with Crippen molar-refractivity contribution >= 4 is 0 Å². The van der Waals surface area contributed by atoms with Crippen LogP contribution in [0.5, 0.6) is 0 Å². The second-order valence-corrected chi connectivity index (χ2v) is 3.47. The second-order valence-electron chi connectivity index (χ2n) is 3.47. The minimum absolute atomic E-state index is 0.555. The van der Waals surface area contributed by atoms with Crippen molar-refractivity contribution in [2.45, 2.75) is 51.4 Å². The Balaban J connectivity index is 2.99. The maximum absolute atomic E-state index is 8.28. The first-order valence-electron chi connectivity index (χ1n) is 5.54. The van der Waals surface area contributed by atoms with Crippen molar-refractivity contribution < 1.29 is 0 Å². The fourth-order valence-electron chi connectivity index (χ4n) is 1.34. The first-order valence-corrected chi connectivity index (χ1v) is 5.54. The molecule has 0 saturated heterocycles. The van der Waals surface area contributed by atoms with Gasteiger partial charge in [-0.3, -0.25) is 0 Å². The highest BCUT2D eigenvalue weighted by Crippen LogP contribution is 2.07. The molecule has 78 valence electrons. The van der Waals surface area contributed by atoms with E-state index in [2.05, 4.69) is 18.7 Å². The van der Waals surface area contributed by atoms with Gasteiger partial charge in [0, 0.05) is 0 Å². The second kappa shape index (κ2) is 12.0. The Morgan fingerprint density at radius 2 is 1.57 bits per heavy atom. The van der Waals surface area contributed by atoms with Gasteiger partial charge in [-0.25, -0.2) is 0 Å². The normalized spacial score (nSPS) is 10.2. The van der Waals surface area contributed by atoms with E-state index in [1.54, 1.807) is 0 Å². The van der Waals surface area contributed by atoms with Crippen molar-refractivity contribution in [1.82, 2.24) is 0 Å². The fourth-order valence-corrected chi connectivity index (χ4v) is 1.34. The zero-order chi connectivity index (χ0) is 10.5. The van der Waals surface area contributed by atoms with Gasteiger partial charge in [-0.15, -0.1) is 6.58 Å². The lowest BCUT2D eigenvalue weighted by Gasteiger charge is -1.97. The maximum Gasteiger partial charge on any atom is 0.0663 e. The standard InChI is InChI=1S/C13H21N/c1-2-3-4-5-6-7-8-9-10-11-12-13-14/h2,10-11H,1,3-9,12H2. The Morgan fingerprint density at radius 1 is 0.929 bits per heavy atom. The van der Waals surface area contributed by atoms with Gasteiger partial charge in [-0.05, 0) is 25.7 Å². The van der Waals surface area contributed by atoms with Crippen LogP contribution in [0.25, 0.3) is 0 Å². The Morgan fingerprint density at radius 3 is 2.21 bits per heavy atom. The molecule has 1 heteroatoms. The third kappa shape index (κ3) is 11.0. The minimum Gasteiger partial charge on any atom is -0.198 e. The summed E-state index contributed by atoms with van der Waals surface area (Å²) in [7, 11) is 0. The molecule has 0 amide bonds. The predicted molar refractivity (Wildman–Crippen MR) is 61.9 cm³/mol. The Bertz CT molecular complexity index is 186. The molecular weight excluding hydrogens is 170 g/mol. The van der Waals surface area contributed by atoms with Crippen LogP contribution in [-0.2, 0) is 0 Å². The number of nitriles is 1. The molecule has 0 bridgehead atoms. The van der Waals surface area contributed by atoms with Crippen LogP contribution in [-0.4, -0.2) is 0 Å². The largest absolute Gasteiger partial charge is 0.198 e. The number of rotatable bonds is 9. The summed E-state index contributed by atoms with van der Waals surface area (Å²) in [6, 6.07) is 2.10. The van der Waals surface area contributed by atoms with Gasteiger partial charge in [0.1, 0.15) is 0 Å². The van der Waals surface area contributed by atoms with Gasteiger partial charge >= 0.3 is 0 Å².